The highest BCUT2D eigenvalue weighted by Gasteiger charge is 2.06. The lowest BCUT2D eigenvalue weighted by Gasteiger charge is -2.11. The molecule has 18 heavy (non-hydrogen) atoms. The molecule has 0 atom stereocenters. The number of aromatic amines is 1. The van der Waals surface area contributed by atoms with E-state index in [1.54, 1.807) is 37.1 Å². The van der Waals surface area contributed by atoms with Gasteiger partial charge in [-0.15, -0.1) is 0 Å². The monoisotopic (exact) mass is 264 g/mol. The Labute approximate surface area is 109 Å². The number of benzene rings is 1. The molecule has 0 aliphatic carbocycles. The van der Waals surface area contributed by atoms with E-state index in [0.717, 1.165) is 5.69 Å². The van der Waals surface area contributed by atoms with E-state index in [4.69, 9.17) is 21.7 Å². The van der Waals surface area contributed by atoms with E-state index in [-0.39, 0.29) is 5.56 Å². The molecule has 1 N–H and O–H groups in total. The Balaban J connectivity index is 2.58. The van der Waals surface area contributed by atoms with E-state index in [9.17, 15) is 4.79 Å². The number of nitrogens with one attached hydrogen (secondary N) is 1. The molecule has 0 aliphatic rings. The fourth-order valence-electron chi connectivity index (χ4n) is 1.60. The minimum Gasteiger partial charge on any atom is -0.493 e. The van der Waals surface area contributed by atoms with Crippen molar-refractivity contribution in [1.29, 1.82) is 0 Å². The van der Waals surface area contributed by atoms with Crippen molar-refractivity contribution < 1.29 is 9.47 Å². The van der Waals surface area contributed by atoms with Gasteiger partial charge in [0.15, 0.2) is 16.3 Å². The van der Waals surface area contributed by atoms with Crippen molar-refractivity contribution in [2.75, 3.05) is 14.2 Å². The molecule has 1 heterocycles. The summed E-state index contributed by atoms with van der Waals surface area (Å²) in [5, 5.41) is 0. The predicted molar refractivity (Wildman–Crippen MR) is 70.3 cm³/mol. The Morgan fingerprint density at radius 3 is 2.50 bits per heavy atom. The first-order valence-corrected chi connectivity index (χ1v) is 5.61. The third-order valence-electron chi connectivity index (χ3n) is 2.47. The summed E-state index contributed by atoms with van der Waals surface area (Å²) in [5.74, 6) is 1.24. The summed E-state index contributed by atoms with van der Waals surface area (Å²) < 4.78 is 12.4. The third-order valence-corrected chi connectivity index (χ3v) is 2.77. The van der Waals surface area contributed by atoms with Gasteiger partial charge in [-0.05, 0) is 24.4 Å². The second kappa shape index (κ2) is 5.05. The van der Waals surface area contributed by atoms with E-state index in [1.165, 1.54) is 6.07 Å². The average Bonchev–Trinajstić information content (AvgIpc) is 2.38. The number of nitrogens with zero attached hydrogens (tertiary/aromatic N) is 1. The van der Waals surface area contributed by atoms with Crippen LogP contribution in [0.25, 0.3) is 5.69 Å². The molecule has 0 saturated heterocycles. The van der Waals surface area contributed by atoms with Crippen LogP contribution in [0.1, 0.15) is 0 Å². The van der Waals surface area contributed by atoms with Gasteiger partial charge in [0.05, 0.1) is 19.9 Å². The van der Waals surface area contributed by atoms with Crippen LogP contribution in [0.3, 0.4) is 0 Å². The Morgan fingerprint density at radius 1 is 1.17 bits per heavy atom. The largest absolute Gasteiger partial charge is 0.493 e. The number of methoxy groups -OCH3 is 2. The zero-order valence-electron chi connectivity index (χ0n) is 9.97. The highest BCUT2D eigenvalue weighted by atomic mass is 32.1. The van der Waals surface area contributed by atoms with E-state index in [0.29, 0.717) is 16.3 Å². The summed E-state index contributed by atoms with van der Waals surface area (Å²) in [6, 6.07) is 6.80. The van der Waals surface area contributed by atoms with Crippen molar-refractivity contribution in [3.8, 4) is 17.2 Å². The number of ether oxygens (including phenoxy) is 2. The fraction of sp³-hybridized carbons (Fsp3) is 0.167. The SMILES string of the molecule is COc1ccc(-n2ccc(=O)[nH]c2=S)cc1OC. The van der Waals surface area contributed by atoms with Crippen LogP contribution in [-0.2, 0) is 0 Å². The lowest BCUT2D eigenvalue weighted by Crippen LogP contribution is -2.09. The number of hydrogen-bond donors (Lipinski definition) is 1. The Bertz CT molecular complexity index is 676. The maximum Gasteiger partial charge on any atom is 0.251 e. The number of rotatable bonds is 3. The highest BCUT2D eigenvalue weighted by molar-refractivity contribution is 7.71. The molecule has 0 amide bonds. The van der Waals surface area contributed by atoms with Gasteiger partial charge in [0.25, 0.3) is 5.56 Å². The number of H-pyrrole nitrogens is 1. The molecular weight excluding hydrogens is 252 g/mol. The molecule has 0 radical (unpaired) electrons. The Kier molecular flexibility index (Phi) is 3.47. The van der Waals surface area contributed by atoms with Crippen LogP contribution in [0.4, 0.5) is 0 Å². The minimum atomic E-state index is -0.225. The van der Waals surface area contributed by atoms with E-state index in [2.05, 4.69) is 4.98 Å². The molecule has 1 aromatic heterocycles. The molecule has 0 fully saturated rings. The molecule has 1 aromatic carbocycles. The van der Waals surface area contributed by atoms with Crippen LogP contribution in [0, 0.1) is 4.77 Å². The van der Waals surface area contributed by atoms with Gasteiger partial charge in [-0.25, -0.2) is 0 Å². The summed E-state index contributed by atoms with van der Waals surface area (Å²) in [5.41, 5.74) is 0.561. The summed E-state index contributed by atoms with van der Waals surface area (Å²) in [7, 11) is 3.14. The maximum absolute atomic E-state index is 11.1. The second-order valence-corrected chi connectivity index (χ2v) is 3.91. The Hall–Kier alpha value is -2.08. The number of aromatic nitrogens is 2. The third kappa shape index (κ3) is 2.28. The number of hydrogen-bond acceptors (Lipinski definition) is 4. The molecular formula is C12H12N2O3S. The topological polar surface area (TPSA) is 56.2 Å². The normalized spacial score (nSPS) is 10.1. The first kappa shape index (κ1) is 12.4. The van der Waals surface area contributed by atoms with Gasteiger partial charge in [-0.2, -0.15) is 0 Å². The predicted octanol–water partition coefficient (Wildman–Crippen LogP) is 1.91. The van der Waals surface area contributed by atoms with Crippen LogP contribution in [0.5, 0.6) is 11.5 Å². The van der Waals surface area contributed by atoms with Gasteiger partial charge in [-0.1, -0.05) is 0 Å². The van der Waals surface area contributed by atoms with E-state index >= 15 is 0 Å². The van der Waals surface area contributed by atoms with Crippen molar-refractivity contribution in [1.82, 2.24) is 9.55 Å². The zero-order valence-corrected chi connectivity index (χ0v) is 10.8. The molecule has 6 heteroatoms. The van der Waals surface area contributed by atoms with Crippen molar-refractivity contribution in [3.63, 3.8) is 0 Å². The van der Waals surface area contributed by atoms with Crippen LogP contribution in [0.15, 0.2) is 35.3 Å². The molecule has 5 nitrogen and oxygen atoms in total. The van der Waals surface area contributed by atoms with Gasteiger partial charge in [0.2, 0.25) is 0 Å². The fourth-order valence-corrected chi connectivity index (χ4v) is 1.86. The standard InChI is InChI=1S/C12H12N2O3S/c1-16-9-4-3-8(7-10(9)17-2)14-6-5-11(15)13-12(14)18/h3-7H,1-2H3,(H,13,15,18). The maximum atomic E-state index is 11.1. The van der Waals surface area contributed by atoms with Gasteiger partial charge < -0.3 is 9.47 Å². The highest BCUT2D eigenvalue weighted by Crippen LogP contribution is 2.28. The molecule has 0 unspecified atom stereocenters. The Morgan fingerprint density at radius 2 is 1.89 bits per heavy atom. The van der Waals surface area contributed by atoms with Crippen molar-refractivity contribution >= 4 is 12.2 Å². The quantitative estimate of drug-likeness (QED) is 0.860. The molecule has 2 aromatic rings. The van der Waals surface area contributed by atoms with Gasteiger partial charge in [0, 0.05) is 18.3 Å². The average molecular weight is 264 g/mol. The van der Waals surface area contributed by atoms with Gasteiger partial charge >= 0.3 is 0 Å². The second-order valence-electron chi connectivity index (χ2n) is 3.52. The van der Waals surface area contributed by atoms with Gasteiger partial charge in [0.1, 0.15) is 0 Å². The van der Waals surface area contributed by atoms with E-state index < -0.39 is 0 Å². The molecule has 2 rings (SSSR count). The van der Waals surface area contributed by atoms with Crippen molar-refractivity contribution in [3.05, 3.63) is 45.6 Å². The van der Waals surface area contributed by atoms with Crippen LogP contribution < -0.4 is 15.0 Å². The molecule has 0 spiro atoms. The lowest BCUT2D eigenvalue weighted by atomic mass is 10.2. The lowest BCUT2D eigenvalue weighted by molar-refractivity contribution is 0.355. The molecule has 0 aliphatic heterocycles. The van der Waals surface area contributed by atoms with Crippen molar-refractivity contribution in [2.24, 2.45) is 0 Å². The van der Waals surface area contributed by atoms with Crippen LogP contribution >= 0.6 is 12.2 Å². The molecule has 0 bridgehead atoms. The van der Waals surface area contributed by atoms with Crippen LogP contribution in [-0.4, -0.2) is 23.8 Å². The molecule has 0 saturated carbocycles. The zero-order chi connectivity index (χ0) is 13.1. The summed E-state index contributed by atoms with van der Waals surface area (Å²) in [6.07, 6.45) is 1.61. The minimum absolute atomic E-state index is 0.225. The van der Waals surface area contributed by atoms with E-state index in [1.807, 2.05) is 6.07 Å². The summed E-state index contributed by atoms with van der Waals surface area (Å²) >= 11 is 5.10. The molecule has 94 valence electrons. The van der Waals surface area contributed by atoms with Crippen LogP contribution in [0.2, 0.25) is 0 Å². The summed E-state index contributed by atoms with van der Waals surface area (Å²) in [6.45, 7) is 0. The first-order valence-electron chi connectivity index (χ1n) is 5.20. The van der Waals surface area contributed by atoms with Gasteiger partial charge in [-0.3, -0.25) is 14.3 Å². The summed E-state index contributed by atoms with van der Waals surface area (Å²) in [4.78, 5) is 13.7. The smallest absolute Gasteiger partial charge is 0.251 e. The first-order chi connectivity index (χ1) is 8.65. The van der Waals surface area contributed by atoms with Crippen molar-refractivity contribution in [2.45, 2.75) is 0 Å².